The maximum atomic E-state index is 10.8. The number of nitro benzene ring substituents is 1. The van der Waals surface area contributed by atoms with Gasteiger partial charge in [-0.3, -0.25) is 10.1 Å². The van der Waals surface area contributed by atoms with Crippen molar-refractivity contribution in [2.45, 2.75) is 0 Å². The van der Waals surface area contributed by atoms with E-state index in [4.69, 9.17) is 0 Å². The number of benzene rings is 2. The number of anilines is 3. The molecule has 1 aliphatic heterocycles. The Kier molecular flexibility index (Phi) is 4.82. The number of nitriles is 1. The Bertz CT molecular complexity index is 805. The summed E-state index contributed by atoms with van der Waals surface area (Å²) in [5.41, 5.74) is 2.75. The van der Waals surface area contributed by atoms with Crippen molar-refractivity contribution in [3.8, 4) is 6.07 Å². The molecule has 1 fully saturated rings. The summed E-state index contributed by atoms with van der Waals surface area (Å²) in [5.74, 6) is 0. The first-order valence-electron chi connectivity index (χ1n) is 8.18. The average Bonchev–Trinajstić information content (AvgIpc) is 2.63. The number of piperazine rings is 1. The van der Waals surface area contributed by atoms with Gasteiger partial charge in [-0.2, -0.15) is 5.26 Å². The Morgan fingerprint density at radius 2 is 1.88 bits per heavy atom. The van der Waals surface area contributed by atoms with Crippen molar-refractivity contribution in [2.75, 3.05) is 43.4 Å². The second-order valence-corrected chi connectivity index (χ2v) is 6.21. The van der Waals surface area contributed by atoms with Crippen molar-refractivity contribution in [3.63, 3.8) is 0 Å². The number of likely N-dealkylation sites (N-methyl/N-ethyl adjacent to an activating group) is 1. The quantitative estimate of drug-likeness (QED) is 0.652. The summed E-state index contributed by atoms with van der Waals surface area (Å²) < 4.78 is 0. The fourth-order valence-electron chi connectivity index (χ4n) is 2.91. The van der Waals surface area contributed by atoms with E-state index in [2.05, 4.69) is 29.4 Å². The van der Waals surface area contributed by atoms with Crippen LogP contribution in [-0.4, -0.2) is 38.2 Å². The number of hydrogen-bond donors (Lipinski definition) is 2. The molecule has 1 heterocycles. The largest absolute Gasteiger partial charge is 0.360 e. The van der Waals surface area contributed by atoms with E-state index in [0.717, 1.165) is 31.9 Å². The smallest absolute Gasteiger partial charge is 0.270 e. The Balaban J connectivity index is 1.73. The molecule has 0 amide bonds. The number of nitrogens with one attached hydrogen (secondary N) is 2. The third kappa shape index (κ3) is 3.87. The predicted molar refractivity (Wildman–Crippen MR) is 96.4 cm³/mol. The van der Waals surface area contributed by atoms with Crippen LogP contribution in [0.2, 0.25) is 0 Å². The van der Waals surface area contributed by atoms with Gasteiger partial charge in [0, 0.05) is 23.5 Å². The summed E-state index contributed by atoms with van der Waals surface area (Å²) in [6.07, 6.45) is 0. The first kappa shape index (κ1) is 16.7. The maximum Gasteiger partial charge on any atom is 0.270 e. The number of hydrogen-bond acceptors (Lipinski definition) is 5. The highest BCUT2D eigenvalue weighted by atomic mass is 16.6. The number of rotatable bonds is 4. The van der Waals surface area contributed by atoms with Gasteiger partial charge in [0.25, 0.3) is 5.69 Å². The number of quaternary nitrogens is 1. The zero-order valence-corrected chi connectivity index (χ0v) is 14.0. The molecule has 0 aromatic heterocycles. The first-order chi connectivity index (χ1) is 12.1. The lowest BCUT2D eigenvalue weighted by molar-refractivity contribution is -0.880. The SMILES string of the molecule is C[NH+]1CCN(c2ccc(Nc3ccc([N+](=O)[O-])cc3C#N)cc2)CC1. The molecule has 128 valence electrons. The summed E-state index contributed by atoms with van der Waals surface area (Å²) in [5, 5.41) is 23.2. The normalized spacial score (nSPS) is 14.8. The molecule has 0 saturated carbocycles. The molecule has 2 N–H and O–H groups in total. The van der Waals surface area contributed by atoms with E-state index < -0.39 is 4.92 Å². The van der Waals surface area contributed by atoms with Gasteiger partial charge in [0.05, 0.1) is 49.4 Å². The van der Waals surface area contributed by atoms with Crippen LogP contribution in [0.3, 0.4) is 0 Å². The molecule has 0 radical (unpaired) electrons. The predicted octanol–water partition coefficient (Wildman–Crippen LogP) is 1.54. The van der Waals surface area contributed by atoms with Gasteiger partial charge in [-0.25, -0.2) is 0 Å². The van der Waals surface area contributed by atoms with Crippen LogP contribution in [0.4, 0.5) is 22.7 Å². The van der Waals surface area contributed by atoms with Gasteiger partial charge >= 0.3 is 0 Å². The van der Waals surface area contributed by atoms with E-state index in [-0.39, 0.29) is 11.3 Å². The molecule has 2 aromatic rings. The van der Waals surface area contributed by atoms with Crippen molar-refractivity contribution in [1.82, 2.24) is 0 Å². The lowest BCUT2D eigenvalue weighted by Gasteiger charge is -2.31. The molecule has 7 nitrogen and oxygen atoms in total. The monoisotopic (exact) mass is 338 g/mol. The van der Waals surface area contributed by atoms with Crippen LogP contribution in [-0.2, 0) is 0 Å². The zero-order chi connectivity index (χ0) is 17.8. The van der Waals surface area contributed by atoms with Gasteiger partial charge in [0.1, 0.15) is 6.07 Å². The lowest BCUT2D eigenvalue weighted by atomic mass is 10.1. The Morgan fingerprint density at radius 3 is 2.48 bits per heavy atom. The molecule has 3 rings (SSSR count). The topological polar surface area (TPSA) is 86.6 Å². The van der Waals surface area contributed by atoms with E-state index in [9.17, 15) is 15.4 Å². The molecule has 0 spiro atoms. The summed E-state index contributed by atoms with van der Waals surface area (Å²) >= 11 is 0. The van der Waals surface area contributed by atoms with Crippen molar-refractivity contribution < 1.29 is 9.82 Å². The molecule has 7 heteroatoms. The van der Waals surface area contributed by atoms with E-state index in [1.54, 1.807) is 11.0 Å². The van der Waals surface area contributed by atoms with Crippen LogP contribution in [0, 0.1) is 21.4 Å². The van der Waals surface area contributed by atoms with Crippen LogP contribution >= 0.6 is 0 Å². The zero-order valence-electron chi connectivity index (χ0n) is 14.0. The number of nitrogens with zero attached hydrogens (tertiary/aromatic N) is 3. The van der Waals surface area contributed by atoms with Gasteiger partial charge in [-0.05, 0) is 30.3 Å². The molecule has 0 bridgehead atoms. The Labute approximate surface area is 146 Å². The summed E-state index contributed by atoms with van der Waals surface area (Å²) in [7, 11) is 2.21. The third-order valence-electron chi connectivity index (χ3n) is 4.46. The summed E-state index contributed by atoms with van der Waals surface area (Å²) in [6, 6.07) is 14.3. The van der Waals surface area contributed by atoms with Crippen molar-refractivity contribution in [3.05, 3.63) is 58.1 Å². The molecule has 1 aliphatic rings. The molecule has 25 heavy (non-hydrogen) atoms. The number of non-ortho nitro benzene ring substituents is 1. The van der Waals surface area contributed by atoms with Crippen LogP contribution < -0.4 is 15.1 Å². The van der Waals surface area contributed by atoms with Crippen LogP contribution in [0.1, 0.15) is 5.56 Å². The van der Waals surface area contributed by atoms with E-state index in [1.807, 2.05) is 18.2 Å². The second kappa shape index (κ2) is 7.20. The summed E-state index contributed by atoms with van der Waals surface area (Å²) in [6.45, 7) is 4.35. The first-order valence-corrected chi connectivity index (χ1v) is 8.18. The van der Waals surface area contributed by atoms with Crippen molar-refractivity contribution >= 4 is 22.7 Å². The number of nitro groups is 1. The fourth-order valence-corrected chi connectivity index (χ4v) is 2.91. The second-order valence-electron chi connectivity index (χ2n) is 6.21. The molecule has 0 aliphatic carbocycles. The lowest BCUT2D eigenvalue weighted by Crippen LogP contribution is -3.12. The van der Waals surface area contributed by atoms with Gasteiger partial charge in [0.2, 0.25) is 0 Å². The third-order valence-corrected chi connectivity index (χ3v) is 4.46. The fraction of sp³-hybridized carbons (Fsp3) is 0.278. The maximum absolute atomic E-state index is 10.8. The minimum Gasteiger partial charge on any atom is -0.360 e. The highest BCUT2D eigenvalue weighted by Crippen LogP contribution is 2.26. The van der Waals surface area contributed by atoms with E-state index in [0.29, 0.717) is 5.69 Å². The van der Waals surface area contributed by atoms with Crippen LogP contribution in [0.25, 0.3) is 0 Å². The average molecular weight is 338 g/mol. The van der Waals surface area contributed by atoms with Crippen LogP contribution in [0.15, 0.2) is 42.5 Å². The highest BCUT2D eigenvalue weighted by Gasteiger charge is 2.17. The van der Waals surface area contributed by atoms with E-state index >= 15 is 0 Å². The summed E-state index contributed by atoms with van der Waals surface area (Å²) in [4.78, 5) is 14.2. The van der Waals surface area contributed by atoms with Gasteiger partial charge in [-0.15, -0.1) is 0 Å². The van der Waals surface area contributed by atoms with Crippen molar-refractivity contribution in [1.29, 1.82) is 5.26 Å². The van der Waals surface area contributed by atoms with Gasteiger partial charge in [-0.1, -0.05) is 0 Å². The van der Waals surface area contributed by atoms with Crippen LogP contribution in [0.5, 0.6) is 0 Å². The van der Waals surface area contributed by atoms with E-state index in [1.165, 1.54) is 17.8 Å². The molecule has 0 atom stereocenters. The molecular formula is C18H20N5O2+. The molecule has 1 saturated heterocycles. The minimum absolute atomic E-state index is 0.0883. The molecular weight excluding hydrogens is 318 g/mol. The Morgan fingerprint density at radius 1 is 1.20 bits per heavy atom. The van der Waals surface area contributed by atoms with Crippen molar-refractivity contribution in [2.24, 2.45) is 0 Å². The Hall–Kier alpha value is -3.11. The highest BCUT2D eigenvalue weighted by molar-refractivity contribution is 5.69. The standard InChI is InChI=1S/C18H19N5O2/c1-21-8-10-22(11-9-21)16-4-2-15(3-5-16)20-18-7-6-17(23(24)25)12-14(18)13-19/h2-7,12,20H,8-11H2,1H3/p+1. The molecule has 0 unspecified atom stereocenters. The van der Waals surface area contributed by atoms with Gasteiger partial charge in [0.15, 0.2) is 0 Å². The molecule has 2 aromatic carbocycles. The van der Waals surface area contributed by atoms with Gasteiger partial charge < -0.3 is 15.1 Å². The minimum atomic E-state index is -0.503.